The predicted molar refractivity (Wildman–Crippen MR) is 92.6 cm³/mol. The van der Waals surface area contributed by atoms with Crippen LogP contribution in [-0.4, -0.2) is 16.5 Å². The fourth-order valence-electron chi connectivity index (χ4n) is 2.02. The molecule has 5 heteroatoms. The Bertz CT molecular complexity index is 740. The lowest BCUT2D eigenvalue weighted by Crippen LogP contribution is -2.02. The Morgan fingerprint density at radius 3 is 2.62 bits per heavy atom. The van der Waals surface area contributed by atoms with Crippen LogP contribution in [-0.2, 0) is 0 Å². The van der Waals surface area contributed by atoms with Gasteiger partial charge < -0.3 is 5.32 Å². The summed E-state index contributed by atoms with van der Waals surface area (Å²) in [5.41, 5.74) is 2.02. The van der Waals surface area contributed by atoms with Gasteiger partial charge in [0.25, 0.3) is 0 Å². The van der Waals surface area contributed by atoms with Crippen molar-refractivity contribution >= 4 is 33.1 Å². The van der Waals surface area contributed by atoms with E-state index in [2.05, 4.69) is 45.3 Å². The van der Waals surface area contributed by atoms with Crippen molar-refractivity contribution < 1.29 is 0 Å². The van der Waals surface area contributed by atoms with Gasteiger partial charge in [-0.2, -0.15) is 0 Å². The van der Waals surface area contributed by atoms with E-state index in [-0.39, 0.29) is 0 Å². The molecule has 1 N–H and O–H groups in total. The molecule has 0 aliphatic carbocycles. The largest absolute Gasteiger partial charge is 0.370 e. The Kier molecular flexibility index (Phi) is 4.31. The van der Waals surface area contributed by atoms with E-state index in [1.807, 2.05) is 35.7 Å². The highest BCUT2D eigenvalue weighted by Crippen LogP contribution is 2.30. The average Bonchev–Trinajstić information content (AvgIpc) is 2.95. The third-order valence-electron chi connectivity index (χ3n) is 2.94. The minimum Gasteiger partial charge on any atom is -0.370 e. The van der Waals surface area contributed by atoms with Crippen LogP contribution in [0.15, 0.2) is 52.3 Å². The van der Waals surface area contributed by atoms with Gasteiger partial charge in [0, 0.05) is 28.0 Å². The molecule has 0 aliphatic heterocycles. The Balaban J connectivity index is 2.10. The number of hydrogen-bond donors (Lipinski definition) is 1. The van der Waals surface area contributed by atoms with Crippen LogP contribution in [0.4, 0.5) is 5.82 Å². The van der Waals surface area contributed by atoms with E-state index in [4.69, 9.17) is 4.98 Å². The topological polar surface area (TPSA) is 37.8 Å². The van der Waals surface area contributed by atoms with E-state index in [0.717, 1.165) is 38.8 Å². The van der Waals surface area contributed by atoms with Crippen molar-refractivity contribution in [2.24, 2.45) is 0 Å². The molecule has 0 aliphatic rings. The standard InChI is InChI=1S/C16H14BrN3S/c1-2-18-15-9-13(11-6-4-3-5-7-11)19-16(20-15)14-8-12(17)10-21-14/h3-10H,2H2,1H3,(H,18,19,20). The van der Waals surface area contributed by atoms with Crippen LogP contribution in [0.25, 0.3) is 22.0 Å². The van der Waals surface area contributed by atoms with Crippen LogP contribution >= 0.6 is 27.3 Å². The summed E-state index contributed by atoms with van der Waals surface area (Å²) in [5, 5.41) is 5.32. The Hall–Kier alpha value is -1.72. The van der Waals surface area contributed by atoms with Crippen molar-refractivity contribution in [2.75, 3.05) is 11.9 Å². The molecule has 0 fully saturated rings. The molecule has 0 saturated heterocycles. The van der Waals surface area contributed by atoms with E-state index < -0.39 is 0 Å². The minimum atomic E-state index is 0.753. The smallest absolute Gasteiger partial charge is 0.172 e. The van der Waals surface area contributed by atoms with Gasteiger partial charge in [0.05, 0.1) is 10.6 Å². The molecular formula is C16H14BrN3S. The van der Waals surface area contributed by atoms with Gasteiger partial charge in [0.2, 0.25) is 0 Å². The lowest BCUT2D eigenvalue weighted by molar-refractivity contribution is 1.12. The highest BCUT2D eigenvalue weighted by atomic mass is 79.9. The van der Waals surface area contributed by atoms with E-state index >= 15 is 0 Å². The predicted octanol–water partition coefficient (Wildman–Crippen LogP) is 5.07. The first-order valence-corrected chi connectivity index (χ1v) is 8.36. The number of thiophene rings is 1. The normalized spacial score (nSPS) is 10.6. The molecule has 0 atom stereocenters. The fourth-order valence-corrected chi connectivity index (χ4v) is 3.38. The van der Waals surface area contributed by atoms with Crippen molar-refractivity contribution in [1.82, 2.24) is 9.97 Å². The minimum absolute atomic E-state index is 0.753. The summed E-state index contributed by atoms with van der Waals surface area (Å²) in [6.45, 7) is 2.89. The molecule has 1 aromatic carbocycles. The summed E-state index contributed by atoms with van der Waals surface area (Å²) in [6.07, 6.45) is 0. The van der Waals surface area contributed by atoms with Crippen molar-refractivity contribution in [3.8, 4) is 22.0 Å². The van der Waals surface area contributed by atoms with Gasteiger partial charge >= 0.3 is 0 Å². The van der Waals surface area contributed by atoms with Gasteiger partial charge in [0.1, 0.15) is 5.82 Å². The SMILES string of the molecule is CCNc1cc(-c2ccccc2)nc(-c2cc(Br)cs2)n1. The van der Waals surface area contributed by atoms with E-state index in [1.165, 1.54) is 0 Å². The van der Waals surface area contributed by atoms with E-state index in [1.54, 1.807) is 11.3 Å². The van der Waals surface area contributed by atoms with Crippen LogP contribution in [0.5, 0.6) is 0 Å². The molecule has 2 aromatic heterocycles. The maximum absolute atomic E-state index is 4.71. The summed E-state index contributed by atoms with van der Waals surface area (Å²) < 4.78 is 1.06. The van der Waals surface area contributed by atoms with Gasteiger partial charge in [-0.15, -0.1) is 11.3 Å². The molecule has 2 heterocycles. The number of rotatable bonds is 4. The fraction of sp³-hybridized carbons (Fsp3) is 0.125. The van der Waals surface area contributed by atoms with Gasteiger partial charge in [-0.25, -0.2) is 9.97 Å². The first-order chi connectivity index (χ1) is 10.3. The van der Waals surface area contributed by atoms with Crippen molar-refractivity contribution in [3.05, 3.63) is 52.3 Å². The number of benzene rings is 1. The van der Waals surface area contributed by atoms with Crippen LogP contribution < -0.4 is 5.32 Å². The quantitative estimate of drug-likeness (QED) is 0.706. The van der Waals surface area contributed by atoms with Crippen LogP contribution in [0.3, 0.4) is 0 Å². The molecule has 0 amide bonds. The maximum Gasteiger partial charge on any atom is 0.172 e. The molecule has 3 aromatic rings. The summed E-state index contributed by atoms with van der Waals surface area (Å²) in [6, 6.07) is 14.2. The highest BCUT2D eigenvalue weighted by molar-refractivity contribution is 9.10. The lowest BCUT2D eigenvalue weighted by atomic mass is 10.1. The van der Waals surface area contributed by atoms with E-state index in [0.29, 0.717) is 0 Å². The van der Waals surface area contributed by atoms with Crippen LogP contribution in [0.1, 0.15) is 6.92 Å². The third kappa shape index (κ3) is 3.31. The molecule has 3 nitrogen and oxygen atoms in total. The molecule has 0 bridgehead atoms. The van der Waals surface area contributed by atoms with E-state index in [9.17, 15) is 0 Å². The van der Waals surface area contributed by atoms with Gasteiger partial charge in [0.15, 0.2) is 5.82 Å². The number of nitrogens with zero attached hydrogens (tertiary/aromatic N) is 2. The van der Waals surface area contributed by atoms with Crippen molar-refractivity contribution in [3.63, 3.8) is 0 Å². The summed E-state index contributed by atoms with van der Waals surface area (Å²) in [5.74, 6) is 1.61. The molecule has 0 unspecified atom stereocenters. The second-order valence-corrected chi connectivity index (χ2v) is 6.31. The third-order valence-corrected chi connectivity index (χ3v) is 4.63. The lowest BCUT2D eigenvalue weighted by Gasteiger charge is -2.08. The molecular weight excluding hydrogens is 346 g/mol. The maximum atomic E-state index is 4.71. The number of hydrogen-bond acceptors (Lipinski definition) is 4. The van der Waals surface area contributed by atoms with Gasteiger partial charge in [-0.1, -0.05) is 30.3 Å². The molecule has 21 heavy (non-hydrogen) atoms. The second-order valence-electron chi connectivity index (χ2n) is 4.49. The molecule has 0 spiro atoms. The van der Waals surface area contributed by atoms with Crippen LogP contribution in [0.2, 0.25) is 0 Å². The summed E-state index contributed by atoms with van der Waals surface area (Å²) in [4.78, 5) is 10.4. The monoisotopic (exact) mass is 359 g/mol. The van der Waals surface area contributed by atoms with Gasteiger partial charge in [-0.05, 0) is 28.9 Å². The highest BCUT2D eigenvalue weighted by Gasteiger charge is 2.10. The summed E-state index contributed by atoms with van der Waals surface area (Å²) in [7, 11) is 0. The van der Waals surface area contributed by atoms with Crippen LogP contribution in [0, 0.1) is 0 Å². The van der Waals surface area contributed by atoms with Crippen molar-refractivity contribution in [1.29, 1.82) is 0 Å². The Labute approximate surface area is 136 Å². The molecule has 106 valence electrons. The first kappa shape index (κ1) is 14.2. The number of aromatic nitrogens is 2. The number of halogens is 1. The first-order valence-electron chi connectivity index (χ1n) is 6.69. The Morgan fingerprint density at radius 1 is 1.14 bits per heavy atom. The zero-order valence-corrected chi connectivity index (χ0v) is 13.9. The second kappa shape index (κ2) is 6.37. The average molecular weight is 360 g/mol. The number of nitrogens with one attached hydrogen (secondary N) is 1. The Morgan fingerprint density at radius 2 is 1.95 bits per heavy atom. The van der Waals surface area contributed by atoms with Gasteiger partial charge in [-0.3, -0.25) is 0 Å². The van der Waals surface area contributed by atoms with Crippen molar-refractivity contribution in [2.45, 2.75) is 6.92 Å². The zero-order chi connectivity index (χ0) is 14.7. The molecule has 3 rings (SSSR count). The number of anilines is 1. The molecule has 0 radical (unpaired) electrons. The zero-order valence-electron chi connectivity index (χ0n) is 11.5. The molecule has 0 saturated carbocycles. The summed E-state index contributed by atoms with van der Waals surface area (Å²) >= 11 is 5.12.